The van der Waals surface area contributed by atoms with Crippen molar-refractivity contribution in [2.75, 3.05) is 13.2 Å². The number of pyridine rings is 1. The van der Waals surface area contributed by atoms with E-state index in [-0.39, 0.29) is 12.4 Å². The highest BCUT2D eigenvalue weighted by Gasteiger charge is 2.17. The van der Waals surface area contributed by atoms with Crippen LogP contribution in [0.15, 0.2) is 36.5 Å². The molecule has 104 valence electrons. The standard InChI is InChI=1S/C13H11ClN2O4/c14-9-1-2-12-15-10(6-16(12)5-9)7-20-13(17)11-8-18-3-4-19-11/h1-2,5-6,8H,3-4,7H2. The Kier molecular flexibility index (Phi) is 3.47. The molecule has 0 N–H and O–H groups in total. The van der Waals surface area contributed by atoms with Crippen molar-refractivity contribution in [1.82, 2.24) is 9.38 Å². The molecule has 0 unspecified atom stereocenters. The third-order valence-electron chi connectivity index (χ3n) is 2.67. The predicted octanol–water partition coefficient (Wildman–Crippen LogP) is 1.92. The molecular weight excluding hydrogens is 284 g/mol. The Balaban J connectivity index is 1.67. The molecule has 0 saturated carbocycles. The highest BCUT2D eigenvalue weighted by Crippen LogP contribution is 2.13. The number of imidazole rings is 1. The molecular formula is C13H11ClN2O4. The summed E-state index contributed by atoms with van der Waals surface area (Å²) in [5.74, 6) is -0.497. The van der Waals surface area contributed by atoms with Gasteiger partial charge < -0.3 is 18.6 Å². The molecule has 6 nitrogen and oxygen atoms in total. The minimum Gasteiger partial charge on any atom is -0.493 e. The second-order valence-corrected chi connectivity index (χ2v) is 4.56. The minimum atomic E-state index is -0.570. The molecule has 0 amide bonds. The average molecular weight is 295 g/mol. The first-order valence-electron chi connectivity index (χ1n) is 5.97. The summed E-state index contributed by atoms with van der Waals surface area (Å²) >= 11 is 5.89. The van der Waals surface area contributed by atoms with Gasteiger partial charge in [-0.15, -0.1) is 0 Å². The van der Waals surface area contributed by atoms with Crippen molar-refractivity contribution >= 4 is 23.2 Å². The summed E-state index contributed by atoms with van der Waals surface area (Å²) in [5, 5.41) is 0.608. The largest absolute Gasteiger partial charge is 0.493 e. The van der Waals surface area contributed by atoms with Crippen LogP contribution in [-0.4, -0.2) is 28.6 Å². The molecule has 0 aliphatic carbocycles. The van der Waals surface area contributed by atoms with Crippen molar-refractivity contribution in [3.63, 3.8) is 0 Å². The number of nitrogens with zero attached hydrogens (tertiary/aromatic N) is 2. The fourth-order valence-corrected chi connectivity index (χ4v) is 1.94. The van der Waals surface area contributed by atoms with E-state index in [0.717, 1.165) is 5.65 Å². The second-order valence-electron chi connectivity index (χ2n) is 4.12. The van der Waals surface area contributed by atoms with E-state index in [2.05, 4.69) is 4.98 Å². The molecule has 0 radical (unpaired) electrons. The van der Waals surface area contributed by atoms with Crippen LogP contribution in [0.2, 0.25) is 5.02 Å². The van der Waals surface area contributed by atoms with Crippen LogP contribution in [0.3, 0.4) is 0 Å². The number of fused-ring (bicyclic) bond motifs is 1. The van der Waals surface area contributed by atoms with E-state index < -0.39 is 5.97 Å². The monoisotopic (exact) mass is 294 g/mol. The Bertz CT molecular complexity index is 680. The molecule has 3 heterocycles. The van der Waals surface area contributed by atoms with Gasteiger partial charge in [0.25, 0.3) is 0 Å². The van der Waals surface area contributed by atoms with Gasteiger partial charge in [0.1, 0.15) is 31.7 Å². The van der Waals surface area contributed by atoms with Crippen LogP contribution < -0.4 is 0 Å². The van der Waals surface area contributed by atoms with Gasteiger partial charge in [-0.2, -0.15) is 0 Å². The summed E-state index contributed by atoms with van der Waals surface area (Å²) in [4.78, 5) is 16.0. The van der Waals surface area contributed by atoms with Gasteiger partial charge in [0.2, 0.25) is 5.76 Å². The minimum absolute atomic E-state index is 0.0544. The van der Waals surface area contributed by atoms with Gasteiger partial charge in [-0.3, -0.25) is 0 Å². The zero-order chi connectivity index (χ0) is 13.9. The number of hydrogen-bond acceptors (Lipinski definition) is 5. The number of carbonyl (C=O) groups is 1. The lowest BCUT2D eigenvalue weighted by Gasteiger charge is -2.13. The first kappa shape index (κ1) is 12.8. The van der Waals surface area contributed by atoms with E-state index in [9.17, 15) is 4.79 Å². The normalized spacial score (nSPS) is 14.3. The van der Waals surface area contributed by atoms with Gasteiger partial charge in [0, 0.05) is 12.4 Å². The predicted molar refractivity (Wildman–Crippen MR) is 70.0 cm³/mol. The average Bonchev–Trinajstić information content (AvgIpc) is 2.87. The Hall–Kier alpha value is -2.21. The molecule has 20 heavy (non-hydrogen) atoms. The lowest BCUT2D eigenvalue weighted by atomic mass is 10.5. The SMILES string of the molecule is O=C(OCc1cn2cc(Cl)ccc2n1)C1=COCCO1. The summed E-state index contributed by atoms with van der Waals surface area (Å²) in [6, 6.07) is 3.53. The molecule has 0 fully saturated rings. The maximum atomic E-state index is 11.7. The van der Waals surface area contributed by atoms with Crippen LogP contribution in [0, 0.1) is 0 Å². The number of esters is 1. The van der Waals surface area contributed by atoms with E-state index in [1.165, 1.54) is 6.26 Å². The molecule has 0 atom stereocenters. The maximum Gasteiger partial charge on any atom is 0.377 e. The Labute approximate surface area is 119 Å². The Morgan fingerprint density at radius 2 is 2.30 bits per heavy atom. The van der Waals surface area contributed by atoms with Gasteiger partial charge in [0.05, 0.1) is 10.7 Å². The highest BCUT2D eigenvalue weighted by atomic mass is 35.5. The smallest absolute Gasteiger partial charge is 0.377 e. The number of carbonyl (C=O) groups excluding carboxylic acids is 1. The van der Waals surface area contributed by atoms with Crippen molar-refractivity contribution in [3.05, 3.63) is 47.3 Å². The van der Waals surface area contributed by atoms with Crippen molar-refractivity contribution in [1.29, 1.82) is 0 Å². The van der Waals surface area contributed by atoms with Crippen LogP contribution in [0.1, 0.15) is 5.69 Å². The molecule has 1 aliphatic rings. The zero-order valence-electron chi connectivity index (χ0n) is 10.4. The number of rotatable bonds is 3. The third-order valence-corrected chi connectivity index (χ3v) is 2.89. The van der Waals surface area contributed by atoms with Crippen LogP contribution in [-0.2, 0) is 25.6 Å². The van der Waals surface area contributed by atoms with Gasteiger partial charge in [-0.1, -0.05) is 11.6 Å². The lowest BCUT2D eigenvalue weighted by Crippen LogP contribution is -2.17. The molecule has 7 heteroatoms. The summed E-state index contributed by atoms with van der Waals surface area (Å²) in [6.45, 7) is 0.830. The number of ether oxygens (including phenoxy) is 3. The molecule has 2 aromatic rings. The zero-order valence-corrected chi connectivity index (χ0v) is 11.2. The second kappa shape index (κ2) is 5.42. The van der Waals surface area contributed by atoms with E-state index in [4.69, 9.17) is 25.8 Å². The molecule has 2 aromatic heterocycles. The van der Waals surface area contributed by atoms with Gasteiger partial charge in [0.15, 0.2) is 0 Å². The highest BCUT2D eigenvalue weighted by molar-refractivity contribution is 6.30. The Morgan fingerprint density at radius 1 is 1.40 bits per heavy atom. The number of hydrogen-bond donors (Lipinski definition) is 0. The van der Waals surface area contributed by atoms with E-state index in [0.29, 0.717) is 23.9 Å². The number of aromatic nitrogens is 2. The van der Waals surface area contributed by atoms with Crippen molar-refractivity contribution in [2.24, 2.45) is 0 Å². The summed E-state index contributed by atoms with van der Waals surface area (Å²) < 4.78 is 17.0. The van der Waals surface area contributed by atoms with Crippen LogP contribution in [0.5, 0.6) is 0 Å². The van der Waals surface area contributed by atoms with E-state index >= 15 is 0 Å². The summed E-state index contributed by atoms with van der Waals surface area (Å²) in [7, 11) is 0. The van der Waals surface area contributed by atoms with E-state index in [1.807, 2.05) is 0 Å². The lowest BCUT2D eigenvalue weighted by molar-refractivity contribution is -0.146. The number of halogens is 1. The van der Waals surface area contributed by atoms with Crippen LogP contribution in [0.25, 0.3) is 5.65 Å². The van der Waals surface area contributed by atoms with Crippen molar-refractivity contribution in [3.8, 4) is 0 Å². The first-order chi connectivity index (χ1) is 9.72. The summed E-state index contributed by atoms with van der Waals surface area (Å²) in [5.41, 5.74) is 1.36. The molecule has 0 spiro atoms. The van der Waals surface area contributed by atoms with Gasteiger partial charge in [-0.25, -0.2) is 9.78 Å². The topological polar surface area (TPSA) is 62.1 Å². The van der Waals surface area contributed by atoms with E-state index in [1.54, 1.807) is 28.9 Å². The first-order valence-corrected chi connectivity index (χ1v) is 6.35. The van der Waals surface area contributed by atoms with Crippen molar-refractivity contribution < 1.29 is 19.0 Å². The molecule has 1 aliphatic heterocycles. The Morgan fingerprint density at radius 3 is 3.10 bits per heavy atom. The van der Waals surface area contributed by atoms with Gasteiger partial charge >= 0.3 is 5.97 Å². The van der Waals surface area contributed by atoms with Gasteiger partial charge in [-0.05, 0) is 12.1 Å². The van der Waals surface area contributed by atoms with Crippen LogP contribution >= 0.6 is 11.6 Å². The molecule has 0 bridgehead atoms. The third kappa shape index (κ3) is 2.70. The quantitative estimate of drug-likeness (QED) is 0.809. The fourth-order valence-electron chi connectivity index (χ4n) is 1.77. The summed E-state index contributed by atoms with van der Waals surface area (Å²) in [6.07, 6.45) is 4.74. The maximum absolute atomic E-state index is 11.7. The fraction of sp³-hybridized carbons (Fsp3) is 0.231. The molecule has 0 aromatic carbocycles. The molecule has 0 saturated heterocycles. The molecule has 3 rings (SSSR count). The van der Waals surface area contributed by atoms with Crippen LogP contribution in [0.4, 0.5) is 0 Å². The van der Waals surface area contributed by atoms with Crippen molar-refractivity contribution in [2.45, 2.75) is 6.61 Å².